The lowest BCUT2D eigenvalue weighted by Gasteiger charge is -2.05. The highest BCUT2D eigenvalue weighted by Gasteiger charge is 2.37. The maximum absolute atomic E-state index is 12.6. The van der Waals surface area contributed by atoms with E-state index in [9.17, 15) is 13.2 Å². The van der Waals surface area contributed by atoms with E-state index >= 15 is 0 Å². The number of hydrogen-bond donors (Lipinski definition) is 1. The fourth-order valence-electron chi connectivity index (χ4n) is 1.39. The third-order valence-electron chi connectivity index (χ3n) is 2.07. The van der Waals surface area contributed by atoms with Crippen molar-refractivity contribution in [2.75, 3.05) is 0 Å². The van der Waals surface area contributed by atoms with Crippen molar-refractivity contribution < 1.29 is 13.2 Å². The van der Waals surface area contributed by atoms with Gasteiger partial charge in [-0.25, -0.2) is 0 Å². The topological polar surface area (TPSA) is 41.6 Å². The fourth-order valence-corrected chi connectivity index (χ4v) is 1.39. The maximum Gasteiger partial charge on any atom is 0.435 e. The lowest BCUT2D eigenvalue weighted by atomic mass is 10.1. The van der Waals surface area contributed by atoms with Gasteiger partial charge in [-0.3, -0.25) is 10.1 Å². The molecule has 84 valence electrons. The fraction of sp³-hybridized carbons (Fsp3) is 0.200. The number of aromatic nitrogens is 3. The molecule has 0 saturated heterocycles. The summed E-state index contributed by atoms with van der Waals surface area (Å²) in [4.78, 5) is 4.03. The van der Waals surface area contributed by atoms with Gasteiger partial charge in [0.25, 0.3) is 0 Å². The van der Waals surface area contributed by atoms with Gasteiger partial charge >= 0.3 is 6.18 Å². The number of alkyl halides is 3. The molecule has 0 amide bonds. The number of rotatable bonds is 1. The minimum atomic E-state index is -4.47. The SMILES string of the molecule is Cc1cccc(-c2c[nH]nc2C(F)(F)F)n1. The van der Waals surface area contributed by atoms with Crippen molar-refractivity contribution in [3.05, 3.63) is 35.8 Å². The van der Waals surface area contributed by atoms with Crippen LogP contribution >= 0.6 is 0 Å². The molecule has 6 heteroatoms. The van der Waals surface area contributed by atoms with Crippen LogP contribution in [0.1, 0.15) is 11.4 Å². The van der Waals surface area contributed by atoms with Crippen LogP contribution in [0.5, 0.6) is 0 Å². The number of aryl methyl sites for hydroxylation is 1. The second-order valence-electron chi connectivity index (χ2n) is 3.31. The van der Waals surface area contributed by atoms with Gasteiger partial charge in [0, 0.05) is 11.9 Å². The van der Waals surface area contributed by atoms with Gasteiger partial charge in [0.15, 0.2) is 5.69 Å². The van der Waals surface area contributed by atoms with E-state index in [1.165, 1.54) is 12.3 Å². The Balaban J connectivity index is 2.53. The summed E-state index contributed by atoms with van der Waals surface area (Å²) in [6, 6.07) is 4.90. The monoisotopic (exact) mass is 227 g/mol. The number of H-pyrrole nitrogens is 1. The van der Waals surface area contributed by atoms with Crippen LogP contribution in [-0.2, 0) is 6.18 Å². The Hall–Kier alpha value is -1.85. The number of halogens is 3. The zero-order valence-corrected chi connectivity index (χ0v) is 8.34. The summed E-state index contributed by atoms with van der Waals surface area (Å²) in [6.07, 6.45) is -3.27. The molecule has 0 bridgehead atoms. The highest BCUT2D eigenvalue weighted by Crippen LogP contribution is 2.34. The van der Waals surface area contributed by atoms with Gasteiger partial charge in [-0.15, -0.1) is 0 Å². The molecule has 0 aromatic carbocycles. The molecule has 0 spiro atoms. The molecule has 16 heavy (non-hydrogen) atoms. The van der Waals surface area contributed by atoms with E-state index in [-0.39, 0.29) is 11.3 Å². The van der Waals surface area contributed by atoms with Crippen LogP contribution in [0.3, 0.4) is 0 Å². The number of aromatic amines is 1. The minimum Gasteiger partial charge on any atom is -0.284 e. The first kappa shape index (κ1) is 10.7. The number of nitrogens with zero attached hydrogens (tertiary/aromatic N) is 2. The van der Waals surface area contributed by atoms with Gasteiger partial charge in [-0.1, -0.05) is 6.07 Å². The zero-order chi connectivity index (χ0) is 11.8. The van der Waals surface area contributed by atoms with Crippen molar-refractivity contribution in [3.63, 3.8) is 0 Å². The number of pyridine rings is 1. The van der Waals surface area contributed by atoms with Crippen molar-refractivity contribution in [3.8, 4) is 11.3 Å². The normalized spacial score (nSPS) is 11.8. The predicted octanol–water partition coefficient (Wildman–Crippen LogP) is 2.80. The molecule has 0 unspecified atom stereocenters. The molecule has 0 saturated carbocycles. The van der Waals surface area contributed by atoms with Crippen molar-refractivity contribution in [1.29, 1.82) is 0 Å². The van der Waals surface area contributed by atoms with E-state index in [1.54, 1.807) is 19.1 Å². The lowest BCUT2D eigenvalue weighted by Crippen LogP contribution is -2.07. The van der Waals surface area contributed by atoms with E-state index in [2.05, 4.69) is 15.2 Å². The Morgan fingerprint density at radius 2 is 2.00 bits per heavy atom. The molecule has 0 fully saturated rings. The Morgan fingerprint density at radius 1 is 1.25 bits per heavy atom. The third kappa shape index (κ3) is 1.91. The van der Waals surface area contributed by atoms with Gasteiger partial charge in [0.2, 0.25) is 0 Å². The highest BCUT2D eigenvalue weighted by molar-refractivity contribution is 5.61. The van der Waals surface area contributed by atoms with Crippen molar-refractivity contribution in [2.24, 2.45) is 0 Å². The molecule has 0 atom stereocenters. The van der Waals surface area contributed by atoms with Crippen LogP contribution in [-0.4, -0.2) is 15.2 Å². The van der Waals surface area contributed by atoms with E-state index < -0.39 is 11.9 Å². The standard InChI is InChI=1S/C10H8F3N3/c1-6-3-2-4-8(15-6)7-5-14-16-9(7)10(11,12)13/h2-5H,1H3,(H,14,16). The molecule has 0 aliphatic carbocycles. The molecule has 2 aromatic heterocycles. The van der Waals surface area contributed by atoms with Crippen LogP contribution in [0, 0.1) is 6.92 Å². The van der Waals surface area contributed by atoms with E-state index in [1.807, 2.05) is 0 Å². The van der Waals surface area contributed by atoms with E-state index in [4.69, 9.17) is 0 Å². The second kappa shape index (κ2) is 3.62. The Kier molecular flexibility index (Phi) is 2.41. The number of hydrogen-bond acceptors (Lipinski definition) is 2. The molecule has 0 aliphatic rings. The Morgan fingerprint density at radius 3 is 2.62 bits per heavy atom. The molecule has 1 N–H and O–H groups in total. The lowest BCUT2D eigenvalue weighted by molar-refractivity contribution is -0.140. The van der Waals surface area contributed by atoms with Gasteiger partial charge in [0.1, 0.15) is 0 Å². The van der Waals surface area contributed by atoms with Crippen LogP contribution in [0.15, 0.2) is 24.4 Å². The first-order valence-corrected chi connectivity index (χ1v) is 4.53. The molecule has 3 nitrogen and oxygen atoms in total. The van der Waals surface area contributed by atoms with E-state index in [0.29, 0.717) is 5.69 Å². The summed E-state index contributed by atoms with van der Waals surface area (Å²) < 4.78 is 37.7. The quantitative estimate of drug-likeness (QED) is 0.813. The van der Waals surface area contributed by atoms with Gasteiger partial charge in [-0.2, -0.15) is 18.3 Å². The zero-order valence-electron chi connectivity index (χ0n) is 8.34. The van der Waals surface area contributed by atoms with Crippen LogP contribution in [0.4, 0.5) is 13.2 Å². The summed E-state index contributed by atoms with van der Waals surface area (Å²) in [5.41, 5.74) is -0.0466. The number of nitrogens with one attached hydrogen (secondary N) is 1. The van der Waals surface area contributed by atoms with Gasteiger partial charge in [-0.05, 0) is 19.1 Å². The van der Waals surface area contributed by atoms with Crippen LogP contribution in [0.25, 0.3) is 11.3 Å². The first-order valence-electron chi connectivity index (χ1n) is 4.53. The summed E-state index contributed by atoms with van der Waals surface area (Å²) in [7, 11) is 0. The largest absolute Gasteiger partial charge is 0.435 e. The van der Waals surface area contributed by atoms with Crippen molar-refractivity contribution >= 4 is 0 Å². The molecule has 2 aromatic rings. The average molecular weight is 227 g/mol. The average Bonchev–Trinajstić information content (AvgIpc) is 2.65. The minimum absolute atomic E-state index is 0.0313. The van der Waals surface area contributed by atoms with Crippen LogP contribution in [0.2, 0.25) is 0 Å². The predicted molar refractivity (Wildman–Crippen MR) is 51.6 cm³/mol. The molecule has 2 rings (SSSR count). The molecule has 0 radical (unpaired) electrons. The summed E-state index contributed by atoms with van der Waals surface area (Å²) in [5, 5.41) is 5.42. The molecule has 0 aliphatic heterocycles. The first-order chi connectivity index (χ1) is 7.48. The smallest absolute Gasteiger partial charge is 0.284 e. The van der Waals surface area contributed by atoms with Crippen LogP contribution < -0.4 is 0 Å². The Bertz CT molecular complexity index is 502. The Labute approximate surface area is 89.3 Å². The maximum atomic E-state index is 12.6. The van der Waals surface area contributed by atoms with Gasteiger partial charge < -0.3 is 0 Å². The summed E-state index contributed by atoms with van der Waals surface area (Å²) in [5.74, 6) is 0. The van der Waals surface area contributed by atoms with Gasteiger partial charge in [0.05, 0.1) is 11.3 Å². The van der Waals surface area contributed by atoms with Crippen molar-refractivity contribution in [1.82, 2.24) is 15.2 Å². The molecule has 2 heterocycles. The third-order valence-corrected chi connectivity index (χ3v) is 2.07. The second-order valence-corrected chi connectivity index (χ2v) is 3.31. The van der Waals surface area contributed by atoms with Crippen molar-refractivity contribution in [2.45, 2.75) is 13.1 Å². The summed E-state index contributed by atoms with van der Waals surface area (Å²) in [6.45, 7) is 1.72. The van der Waals surface area contributed by atoms with E-state index in [0.717, 1.165) is 0 Å². The molecular formula is C10H8F3N3. The summed E-state index contributed by atoms with van der Waals surface area (Å²) >= 11 is 0. The highest BCUT2D eigenvalue weighted by atomic mass is 19.4. The molecular weight excluding hydrogens is 219 g/mol.